The van der Waals surface area contributed by atoms with Crippen LogP contribution in [0.1, 0.15) is 55.6 Å². The van der Waals surface area contributed by atoms with Crippen molar-refractivity contribution in [2.45, 2.75) is 76.1 Å². The van der Waals surface area contributed by atoms with Gasteiger partial charge in [-0.3, -0.25) is 9.59 Å². The number of aliphatic hydroxyl groups excluding tert-OH is 1. The van der Waals surface area contributed by atoms with Gasteiger partial charge in [0.1, 0.15) is 17.9 Å². The Hall–Kier alpha value is -2.05. The molecule has 1 aromatic heterocycles. The molecule has 1 fully saturated rings. The Labute approximate surface area is 194 Å². The largest absolute Gasteiger partial charge is 0.397 e. The van der Waals surface area contributed by atoms with Crippen LogP contribution in [-0.2, 0) is 22.6 Å². The predicted molar refractivity (Wildman–Crippen MR) is 112 cm³/mol. The number of rotatable bonds is 6. The summed E-state index contributed by atoms with van der Waals surface area (Å²) in [5.41, 5.74) is 6.05. The van der Waals surface area contributed by atoms with Gasteiger partial charge in [-0.1, -0.05) is 6.92 Å². The summed E-state index contributed by atoms with van der Waals surface area (Å²) in [7, 11) is 0. The number of alkyl halides is 4. The van der Waals surface area contributed by atoms with Gasteiger partial charge in [-0.05, 0) is 12.8 Å². The average molecular weight is 498 g/mol. The molecule has 13 heteroatoms. The Morgan fingerprint density at radius 3 is 2.73 bits per heavy atom. The van der Waals surface area contributed by atoms with Crippen LogP contribution in [0.25, 0.3) is 0 Å². The van der Waals surface area contributed by atoms with Crippen LogP contribution in [0.15, 0.2) is 6.20 Å². The van der Waals surface area contributed by atoms with Crippen LogP contribution in [0.3, 0.4) is 0 Å². The van der Waals surface area contributed by atoms with Gasteiger partial charge in [0.15, 0.2) is 6.23 Å². The molecular weight excluding hydrogens is 470 g/mol. The summed E-state index contributed by atoms with van der Waals surface area (Å²) in [4.78, 5) is 34.9. The van der Waals surface area contributed by atoms with E-state index < -0.39 is 48.9 Å². The van der Waals surface area contributed by atoms with Crippen LogP contribution in [0.4, 0.5) is 17.6 Å². The summed E-state index contributed by atoms with van der Waals surface area (Å²) in [6.07, 6.45) is -5.99. The number of piperidine rings is 1. The maximum Gasteiger partial charge on any atom is 0.397 e. The minimum Gasteiger partial charge on any atom is -0.370 e. The van der Waals surface area contributed by atoms with Crippen LogP contribution < -0.4 is 5.73 Å². The molecule has 0 aromatic carbocycles. The zero-order valence-corrected chi connectivity index (χ0v) is 18.9. The van der Waals surface area contributed by atoms with Crippen LogP contribution in [0.2, 0.25) is 0 Å². The van der Waals surface area contributed by atoms with Gasteiger partial charge in [0, 0.05) is 50.2 Å². The van der Waals surface area contributed by atoms with E-state index in [-0.39, 0.29) is 56.0 Å². The van der Waals surface area contributed by atoms with Crippen molar-refractivity contribution in [3.63, 3.8) is 0 Å². The van der Waals surface area contributed by atoms with Gasteiger partial charge in [-0.2, -0.15) is 13.2 Å². The molecular formula is C20H28ClF4N5O3. The number of likely N-dealkylation sites (tertiary alicyclic amines) is 1. The first-order valence-corrected chi connectivity index (χ1v) is 10.6. The molecule has 33 heavy (non-hydrogen) atoms. The Morgan fingerprint density at radius 2 is 2.09 bits per heavy atom. The highest BCUT2D eigenvalue weighted by molar-refractivity contribution is 5.85. The molecule has 2 aliphatic heterocycles. The lowest BCUT2D eigenvalue weighted by Gasteiger charge is -2.37. The monoisotopic (exact) mass is 497 g/mol. The predicted octanol–water partition coefficient (Wildman–Crippen LogP) is 1.84. The summed E-state index contributed by atoms with van der Waals surface area (Å²) < 4.78 is 54.7. The fourth-order valence-electron chi connectivity index (χ4n) is 4.04. The molecule has 3 rings (SSSR count). The second-order valence-electron chi connectivity index (χ2n) is 8.29. The second kappa shape index (κ2) is 10.9. The van der Waals surface area contributed by atoms with E-state index in [1.165, 1.54) is 6.20 Å². The van der Waals surface area contributed by atoms with E-state index in [4.69, 9.17) is 5.73 Å². The fraction of sp³-hybridized carbons (Fsp3) is 0.700. The van der Waals surface area contributed by atoms with Crippen molar-refractivity contribution in [3.05, 3.63) is 23.3 Å². The summed E-state index contributed by atoms with van der Waals surface area (Å²) >= 11 is 0. The number of hydrogen-bond acceptors (Lipinski definition) is 6. The van der Waals surface area contributed by atoms with Crippen molar-refractivity contribution in [1.82, 2.24) is 19.8 Å². The summed E-state index contributed by atoms with van der Waals surface area (Å²) in [5.74, 6) is -2.63. The van der Waals surface area contributed by atoms with Gasteiger partial charge >= 0.3 is 6.18 Å². The van der Waals surface area contributed by atoms with Crippen molar-refractivity contribution in [3.8, 4) is 0 Å². The molecule has 1 saturated heterocycles. The first-order valence-electron chi connectivity index (χ1n) is 10.6. The number of carbonyl (C=O) groups excluding carboxylic acids is 2. The molecule has 8 nitrogen and oxygen atoms in total. The SMILES string of the molecule is CCCc1ncc2c(n1)CN(C(=O)C[C@H](N)CN1C(=O)CCC(F)C1O)CC2C(F)(F)F.Cl. The third-order valence-electron chi connectivity index (χ3n) is 5.76. The third-order valence-corrected chi connectivity index (χ3v) is 5.76. The molecule has 0 bridgehead atoms. The van der Waals surface area contributed by atoms with Gasteiger partial charge < -0.3 is 20.6 Å². The Morgan fingerprint density at radius 1 is 1.39 bits per heavy atom. The maximum atomic E-state index is 13.7. The minimum atomic E-state index is -4.59. The summed E-state index contributed by atoms with van der Waals surface area (Å²) in [5, 5.41) is 9.88. The Bertz CT molecular complexity index is 859. The topological polar surface area (TPSA) is 113 Å². The van der Waals surface area contributed by atoms with Crippen molar-refractivity contribution < 1.29 is 32.3 Å². The molecule has 2 aliphatic rings. The summed E-state index contributed by atoms with van der Waals surface area (Å²) in [6.45, 7) is 0.927. The summed E-state index contributed by atoms with van der Waals surface area (Å²) in [6, 6.07) is -0.974. The van der Waals surface area contributed by atoms with E-state index in [0.29, 0.717) is 12.2 Å². The van der Waals surface area contributed by atoms with Crippen LogP contribution in [0.5, 0.6) is 0 Å². The van der Waals surface area contributed by atoms with Crippen LogP contribution in [0, 0.1) is 0 Å². The van der Waals surface area contributed by atoms with Crippen molar-refractivity contribution in [1.29, 1.82) is 0 Å². The third kappa shape index (κ3) is 6.30. The quantitative estimate of drug-likeness (QED) is 0.580. The van der Waals surface area contributed by atoms with Crippen LogP contribution >= 0.6 is 12.4 Å². The van der Waals surface area contributed by atoms with Crippen LogP contribution in [-0.4, -0.2) is 74.4 Å². The first-order chi connectivity index (χ1) is 15.0. The van der Waals surface area contributed by atoms with E-state index >= 15 is 0 Å². The molecule has 186 valence electrons. The molecule has 2 amide bonds. The van der Waals surface area contributed by atoms with E-state index in [1.807, 2.05) is 6.92 Å². The second-order valence-corrected chi connectivity index (χ2v) is 8.29. The molecule has 0 radical (unpaired) electrons. The highest BCUT2D eigenvalue weighted by Crippen LogP contribution is 2.39. The number of nitrogens with zero attached hydrogens (tertiary/aromatic N) is 4. The van der Waals surface area contributed by atoms with E-state index in [0.717, 1.165) is 16.2 Å². The lowest BCUT2D eigenvalue weighted by Crippen LogP contribution is -2.54. The highest BCUT2D eigenvalue weighted by atomic mass is 35.5. The number of fused-ring (bicyclic) bond motifs is 1. The number of aliphatic hydroxyl groups is 1. The lowest BCUT2D eigenvalue weighted by molar-refractivity contribution is -0.162. The molecule has 0 saturated carbocycles. The molecule has 1 aromatic rings. The Balaban J connectivity index is 0.00000385. The first kappa shape index (κ1) is 27.2. The molecule has 0 aliphatic carbocycles. The molecule has 3 unspecified atom stereocenters. The lowest BCUT2D eigenvalue weighted by atomic mass is 9.93. The van der Waals surface area contributed by atoms with Gasteiger partial charge in [-0.15, -0.1) is 12.4 Å². The normalized spacial score (nSPS) is 24.2. The zero-order valence-electron chi connectivity index (χ0n) is 18.1. The molecule has 4 atom stereocenters. The fourth-order valence-corrected chi connectivity index (χ4v) is 4.04. The van der Waals surface area contributed by atoms with Gasteiger partial charge in [-0.25, -0.2) is 14.4 Å². The molecule has 3 heterocycles. The Kier molecular flexibility index (Phi) is 9.00. The van der Waals surface area contributed by atoms with Crippen molar-refractivity contribution in [2.24, 2.45) is 5.73 Å². The smallest absolute Gasteiger partial charge is 0.370 e. The molecule has 3 N–H and O–H groups in total. The van der Waals surface area contributed by atoms with E-state index in [9.17, 15) is 32.3 Å². The van der Waals surface area contributed by atoms with Gasteiger partial charge in [0.25, 0.3) is 0 Å². The van der Waals surface area contributed by atoms with Crippen molar-refractivity contribution in [2.75, 3.05) is 13.1 Å². The number of amides is 2. The maximum absolute atomic E-state index is 13.7. The zero-order chi connectivity index (χ0) is 23.6. The van der Waals surface area contributed by atoms with Gasteiger partial charge in [0.2, 0.25) is 11.8 Å². The minimum absolute atomic E-state index is 0. The van der Waals surface area contributed by atoms with Gasteiger partial charge in [0.05, 0.1) is 12.2 Å². The number of halogens is 5. The highest BCUT2D eigenvalue weighted by Gasteiger charge is 2.46. The number of aryl methyl sites for hydroxylation is 1. The number of nitrogens with two attached hydrogens (primary N) is 1. The number of hydrogen-bond donors (Lipinski definition) is 2. The average Bonchev–Trinajstić information content (AvgIpc) is 2.72. The standard InChI is InChI=1S/C20H27F4N5O3.ClH/c1-2-3-16-26-7-12-13(20(22,23)24)9-28(10-15(12)27-16)18(31)6-11(25)8-29-17(30)5-4-14(21)19(29)32;/h7,11,13-14,19,32H,2-6,8-10,25H2,1H3;1H/t11-,13?,14?,19?;/m0./s1. The number of aromatic nitrogens is 2. The van der Waals surface area contributed by atoms with E-state index in [2.05, 4.69) is 9.97 Å². The van der Waals surface area contributed by atoms with Crippen molar-refractivity contribution >= 4 is 24.2 Å². The number of carbonyl (C=O) groups is 2. The molecule has 0 spiro atoms. The van der Waals surface area contributed by atoms with E-state index in [1.54, 1.807) is 0 Å².